The van der Waals surface area contributed by atoms with E-state index in [1.54, 1.807) is 0 Å². The van der Waals surface area contributed by atoms with Gasteiger partial charge in [0.05, 0.1) is 19.3 Å². The zero-order valence-electron chi connectivity index (χ0n) is 13.1. The number of benzene rings is 1. The van der Waals surface area contributed by atoms with Gasteiger partial charge in [0.1, 0.15) is 0 Å². The molecule has 1 aromatic rings. The first-order chi connectivity index (χ1) is 9.97. The quantitative estimate of drug-likeness (QED) is 0.831. The van der Waals surface area contributed by atoms with E-state index in [-0.39, 0.29) is 10.8 Å². The van der Waals surface area contributed by atoms with Crippen LogP contribution in [0, 0.1) is 16.7 Å². The second-order valence-electron chi connectivity index (χ2n) is 7.31. The van der Waals surface area contributed by atoms with E-state index < -0.39 is 6.10 Å². The minimum atomic E-state index is -0.430. The molecule has 1 aromatic carbocycles. The minimum absolute atomic E-state index is 0.106. The molecule has 114 valence electrons. The molecule has 0 heterocycles. The van der Waals surface area contributed by atoms with Crippen LogP contribution in [0.5, 0.6) is 0 Å². The molecule has 0 unspecified atom stereocenters. The zero-order valence-corrected chi connectivity index (χ0v) is 13.1. The van der Waals surface area contributed by atoms with E-state index in [1.165, 1.54) is 12.0 Å². The van der Waals surface area contributed by atoms with Gasteiger partial charge in [-0.2, -0.15) is 0 Å². The van der Waals surface area contributed by atoms with Crippen molar-refractivity contribution in [3.63, 3.8) is 0 Å². The first-order valence-corrected chi connectivity index (χ1v) is 7.96. The molecule has 3 rings (SSSR count). The van der Waals surface area contributed by atoms with E-state index in [4.69, 9.17) is 4.74 Å². The number of hydrogen-bond acceptors (Lipinski definition) is 2. The van der Waals surface area contributed by atoms with Gasteiger partial charge in [0.2, 0.25) is 0 Å². The third-order valence-electron chi connectivity index (χ3n) is 5.97. The number of fused-ring (bicyclic) bond motifs is 2. The van der Waals surface area contributed by atoms with Crippen molar-refractivity contribution in [2.24, 2.45) is 16.7 Å². The molecular formula is C19H26O2. The maximum atomic E-state index is 10.7. The third-order valence-corrected chi connectivity index (χ3v) is 5.97. The zero-order chi connectivity index (χ0) is 15.1. The summed E-state index contributed by atoms with van der Waals surface area (Å²) < 4.78 is 5.76. The summed E-state index contributed by atoms with van der Waals surface area (Å²) in [6.45, 7) is 9.85. The summed E-state index contributed by atoms with van der Waals surface area (Å²) in [6, 6.07) is 10.1. The monoisotopic (exact) mass is 286 g/mol. The smallest absolute Gasteiger partial charge is 0.0867 e. The summed E-state index contributed by atoms with van der Waals surface area (Å²) in [7, 11) is 0. The average Bonchev–Trinajstić information content (AvgIpc) is 3.00. The average molecular weight is 286 g/mol. The van der Waals surface area contributed by atoms with Crippen molar-refractivity contribution < 1.29 is 9.84 Å². The van der Waals surface area contributed by atoms with Gasteiger partial charge in [0, 0.05) is 5.41 Å². The van der Waals surface area contributed by atoms with Crippen LogP contribution in [0.4, 0.5) is 0 Å². The highest BCUT2D eigenvalue weighted by Gasteiger charge is 2.60. The Morgan fingerprint density at radius 2 is 2.05 bits per heavy atom. The van der Waals surface area contributed by atoms with Crippen molar-refractivity contribution in [2.45, 2.75) is 45.8 Å². The Labute approximate surface area is 127 Å². The van der Waals surface area contributed by atoms with Crippen LogP contribution in [0.2, 0.25) is 0 Å². The Morgan fingerprint density at radius 3 is 2.67 bits per heavy atom. The lowest BCUT2D eigenvalue weighted by Crippen LogP contribution is -2.39. The fraction of sp³-hybridized carbons (Fsp3) is 0.579. The highest BCUT2D eigenvalue weighted by Crippen LogP contribution is 2.66. The summed E-state index contributed by atoms with van der Waals surface area (Å²) >= 11 is 0. The van der Waals surface area contributed by atoms with Gasteiger partial charge in [-0.15, -0.1) is 0 Å². The van der Waals surface area contributed by atoms with Crippen molar-refractivity contribution in [3.8, 4) is 0 Å². The summed E-state index contributed by atoms with van der Waals surface area (Å²) in [4.78, 5) is 0. The predicted molar refractivity (Wildman–Crippen MR) is 84.8 cm³/mol. The maximum Gasteiger partial charge on any atom is 0.0867 e. The molecule has 1 N–H and O–H groups in total. The van der Waals surface area contributed by atoms with Gasteiger partial charge in [-0.3, -0.25) is 0 Å². The molecule has 2 bridgehead atoms. The Morgan fingerprint density at radius 1 is 1.33 bits per heavy atom. The minimum Gasteiger partial charge on any atom is -0.390 e. The van der Waals surface area contributed by atoms with Gasteiger partial charge in [0.15, 0.2) is 0 Å². The molecule has 2 fully saturated rings. The molecule has 2 saturated carbocycles. The largest absolute Gasteiger partial charge is 0.390 e. The van der Waals surface area contributed by atoms with Crippen LogP contribution in [0.3, 0.4) is 0 Å². The standard InChI is InChI=1S/C19H26O2/c1-14-18(2,3)16-9-10-19(14,11-16)17(20)13-21-12-15-7-5-4-6-8-15/h4-8,16-17,20H,1,9-13H2,2-3H3/t16-,17+,19-/m1/s1. The van der Waals surface area contributed by atoms with Crippen LogP contribution in [-0.2, 0) is 11.3 Å². The molecule has 0 aromatic heterocycles. The van der Waals surface area contributed by atoms with Gasteiger partial charge < -0.3 is 9.84 Å². The van der Waals surface area contributed by atoms with Gasteiger partial charge in [-0.05, 0) is 36.2 Å². The topological polar surface area (TPSA) is 29.5 Å². The third kappa shape index (κ3) is 2.35. The lowest BCUT2D eigenvalue weighted by Gasteiger charge is -2.40. The first-order valence-electron chi connectivity index (χ1n) is 7.96. The summed E-state index contributed by atoms with van der Waals surface area (Å²) in [5.41, 5.74) is 2.45. The highest BCUT2D eigenvalue weighted by molar-refractivity contribution is 5.31. The number of ether oxygens (including phenoxy) is 1. The Kier molecular flexibility index (Phi) is 3.71. The molecule has 2 nitrogen and oxygen atoms in total. The normalized spacial score (nSPS) is 31.6. The van der Waals surface area contributed by atoms with Crippen LogP contribution < -0.4 is 0 Å². The maximum absolute atomic E-state index is 10.7. The number of aliphatic hydroxyl groups is 1. The second-order valence-corrected chi connectivity index (χ2v) is 7.31. The van der Waals surface area contributed by atoms with Crippen LogP contribution in [0.1, 0.15) is 38.7 Å². The molecule has 0 saturated heterocycles. The Bertz CT molecular complexity index is 520. The van der Waals surface area contributed by atoms with Crippen LogP contribution in [-0.4, -0.2) is 17.8 Å². The van der Waals surface area contributed by atoms with E-state index in [0.717, 1.165) is 18.4 Å². The molecule has 21 heavy (non-hydrogen) atoms. The van der Waals surface area contributed by atoms with Crippen LogP contribution >= 0.6 is 0 Å². The van der Waals surface area contributed by atoms with E-state index >= 15 is 0 Å². The molecule has 2 aliphatic rings. The van der Waals surface area contributed by atoms with E-state index in [1.807, 2.05) is 30.3 Å². The summed E-state index contributed by atoms with van der Waals surface area (Å²) in [5, 5.41) is 10.7. The molecule has 0 aliphatic heterocycles. The molecular weight excluding hydrogens is 260 g/mol. The predicted octanol–water partition coefficient (Wildman–Crippen LogP) is 3.95. The Hall–Kier alpha value is -1.12. The fourth-order valence-corrected chi connectivity index (χ4v) is 4.38. The Balaban J connectivity index is 1.61. The molecule has 0 spiro atoms. The molecule has 3 atom stereocenters. The first kappa shape index (κ1) is 14.8. The van der Waals surface area contributed by atoms with Gasteiger partial charge in [-0.1, -0.05) is 56.3 Å². The van der Waals surface area contributed by atoms with E-state index in [9.17, 15) is 5.11 Å². The van der Waals surface area contributed by atoms with Crippen molar-refractivity contribution in [1.29, 1.82) is 0 Å². The van der Waals surface area contributed by atoms with Gasteiger partial charge in [-0.25, -0.2) is 0 Å². The van der Waals surface area contributed by atoms with Crippen molar-refractivity contribution in [2.75, 3.05) is 6.61 Å². The van der Waals surface area contributed by atoms with E-state index in [2.05, 4.69) is 20.4 Å². The fourth-order valence-electron chi connectivity index (χ4n) is 4.38. The summed E-state index contributed by atoms with van der Waals surface area (Å²) in [5.74, 6) is 0.675. The molecule has 0 amide bonds. The number of hydrogen-bond donors (Lipinski definition) is 1. The highest BCUT2D eigenvalue weighted by atomic mass is 16.5. The molecule has 2 heteroatoms. The van der Waals surface area contributed by atoms with Crippen molar-refractivity contribution in [1.82, 2.24) is 0 Å². The SMILES string of the molecule is C=C1C(C)(C)[C@@H]2CC[C@@]1([C@@H](O)COCc1ccccc1)C2. The summed E-state index contributed by atoms with van der Waals surface area (Å²) in [6.07, 6.45) is 2.92. The van der Waals surface area contributed by atoms with Crippen LogP contribution in [0.15, 0.2) is 42.5 Å². The molecule has 0 radical (unpaired) electrons. The van der Waals surface area contributed by atoms with Crippen molar-refractivity contribution in [3.05, 3.63) is 48.0 Å². The number of aliphatic hydroxyl groups excluding tert-OH is 1. The molecule has 2 aliphatic carbocycles. The second kappa shape index (κ2) is 5.26. The lowest BCUT2D eigenvalue weighted by molar-refractivity contribution is -0.0297. The van der Waals surface area contributed by atoms with Gasteiger partial charge in [0.25, 0.3) is 0 Å². The lowest BCUT2D eigenvalue weighted by atomic mass is 9.66. The number of rotatable bonds is 5. The van der Waals surface area contributed by atoms with Gasteiger partial charge >= 0.3 is 0 Å². The van der Waals surface area contributed by atoms with Crippen LogP contribution in [0.25, 0.3) is 0 Å². The van der Waals surface area contributed by atoms with Crippen molar-refractivity contribution >= 4 is 0 Å². The van der Waals surface area contributed by atoms with E-state index in [0.29, 0.717) is 19.1 Å².